The molecule has 0 aliphatic carbocycles. The van der Waals surface area contributed by atoms with E-state index in [1.165, 1.54) is 11.9 Å². The molecule has 106 valence electrons. The fourth-order valence-electron chi connectivity index (χ4n) is 2.48. The standard InChI is InChI=1S/C14H16N4O.ClH/c1-19-13-10(9-4-6-16-7-5-9)2-3-11-12(13)14(15)18-8-17-11;/h2-4,8,16H,5-7H2,1H3,(H2,15,17,18);1H. The van der Waals surface area contributed by atoms with Gasteiger partial charge in [-0.15, -0.1) is 12.4 Å². The van der Waals surface area contributed by atoms with Crippen LogP contribution in [0.4, 0.5) is 5.82 Å². The molecule has 0 spiro atoms. The van der Waals surface area contributed by atoms with Crippen molar-refractivity contribution in [2.24, 2.45) is 0 Å². The Bertz CT molecular complexity index is 657. The molecule has 2 aromatic rings. The van der Waals surface area contributed by atoms with Crippen LogP contribution in [0.5, 0.6) is 5.75 Å². The number of rotatable bonds is 2. The smallest absolute Gasteiger partial charge is 0.139 e. The summed E-state index contributed by atoms with van der Waals surface area (Å²) < 4.78 is 5.57. The lowest BCUT2D eigenvalue weighted by Crippen LogP contribution is -2.20. The molecule has 0 radical (unpaired) electrons. The lowest BCUT2D eigenvalue weighted by atomic mass is 9.97. The first kappa shape index (κ1) is 14.6. The number of halogens is 1. The Hall–Kier alpha value is -1.85. The van der Waals surface area contributed by atoms with Crippen molar-refractivity contribution < 1.29 is 4.74 Å². The summed E-state index contributed by atoms with van der Waals surface area (Å²) in [5.74, 6) is 1.22. The number of anilines is 1. The number of nitrogen functional groups attached to an aromatic ring is 1. The van der Waals surface area contributed by atoms with E-state index in [-0.39, 0.29) is 12.4 Å². The van der Waals surface area contributed by atoms with Gasteiger partial charge in [0, 0.05) is 12.1 Å². The number of hydrogen-bond acceptors (Lipinski definition) is 5. The first-order valence-corrected chi connectivity index (χ1v) is 6.28. The van der Waals surface area contributed by atoms with Crippen molar-refractivity contribution in [3.05, 3.63) is 30.1 Å². The van der Waals surface area contributed by atoms with Crippen molar-refractivity contribution >= 4 is 34.7 Å². The Kier molecular flexibility index (Phi) is 4.42. The van der Waals surface area contributed by atoms with Crippen molar-refractivity contribution in [1.29, 1.82) is 0 Å². The minimum absolute atomic E-state index is 0. The number of hydrogen-bond donors (Lipinski definition) is 2. The minimum Gasteiger partial charge on any atom is -0.495 e. The highest BCUT2D eigenvalue weighted by Gasteiger charge is 2.16. The second-order valence-electron chi connectivity index (χ2n) is 4.48. The maximum atomic E-state index is 5.97. The summed E-state index contributed by atoms with van der Waals surface area (Å²) in [4.78, 5) is 8.29. The molecule has 0 saturated carbocycles. The highest BCUT2D eigenvalue weighted by molar-refractivity contribution is 5.97. The molecule has 3 N–H and O–H groups in total. The maximum Gasteiger partial charge on any atom is 0.139 e. The largest absolute Gasteiger partial charge is 0.495 e. The van der Waals surface area contributed by atoms with E-state index in [1.807, 2.05) is 12.1 Å². The van der Waals surface area contributed by atoms with Crippen molar-refractivity contribution in [3.63, 3.8) is 0 Å². The molecule has 0 bridgehead atoms. The summed E-state index contributed by atoms with van der Waals surface area (Å²) in [5.41, 5.74) is 9.14. The van der Waals surface area contributed by atoms with E-state index in [0.29, 0.717) is 5.82 Å². The predicted octanol–water partition coefficient (Wildman–Crippen LogP) is 2.02. The van der Waals surface area contributed by atoms with Gasteiger partial charge in [-0.1, -0.05) is 6.08 Å². The van der Waals surface area contributed by atoms with Gasteiger partial charge in [-0.2, -0.15) is 0 Å². The quantitative estimate of drug-likeness (QED) is 0.886. The number of aromatic nitrogens is 2. The van der Waals surface area contributed by atoms with Crippen molar-refractivity contribution in [3.8, 4) is 5.75 Å². The van der Waals surface area contributed by atoms with Gasteiger partial charge in [-0.3, -0.25) is 0 Å². The molecule has 1 aliphatic heterocycles. The molecule has 1 aromatic carbocycles. The number of nitrogens with one attached hydrogen (secondary N) is 1. The van der Waals surface area contributed by atoms with Gasteiger partial charge >= 0.3 is 0 Å². The van der Waals surface area contributed by atoms with E-state index >= 15 is 0 Å². The van der Waals surface area contributed by atoms with Crippen LogP contribution in [0.15, 0.2) is 24.5 Å². The maximum absolute atomic E-state index is 5.97. The average molecular weight is 293 g/mol. The summed E-state index contributed by atoms with van der Waals surface area (Å²) >= 11 is 0. The van der Waals surface area contributed by atoms with Crippen LogP contribution >= 0.6 is 12.4 Å². The van der Waals surface area contributed by atoms with Gasteiger partial charge in [-0.05, 0) is 30.7 Å². The second-order valence-corrected chi connectivity index (χ2v) is 4.48. The summed E-state index contributed by atoms with van der Waals surface area (Å²) in [7, 11) is 1.66. The third kappa shape index (κ3) is 2.42. The summed E-state index contributed by atoms with van der Waals surface area (Å²) in [6.07, 6.45) is 4.64. The van der Waals surface area contributed by atoms with Gasteiger partial charge in [0.1, 0.15) is 17.9 Å². The average Bonchev–Trinajstić information content (AvgIpc) is 2.47. The molecule has 0 amide bonds. The summed E-state index contributed by atoms with van der Waals surface area (Å²) in [6.45, 7) is 1.87. The molecular weight excluding hydrogens is 276 g/mol. The molecule has 0 unspecified atom stereocenters. The zero-order valence-corrected chi connectivity index (χ0v) is 12.0. The molecule has 20 heavy (non-hydrogen) atoms. The van der Waals surface area contributed by atoms with E-state index in [2.05, 4.69) is 21.4 Å². The molecule has 1 aromatic heterocycles. The number of nitrogens with zero attached hydrogens (tertiary/aromatic N) is 2. The van der Waals surface area contributed by atoms with Gasteiger partial charge in [0.2, 0.25) is 0 Å². The van der Waals surface area contributed by atoms with Gasteiger partial charge in [0.05, 0.1) is 18.0 Å². The normalized spacial score (nSPS) is 14.6. The second kappa shape index (κ2) is 6.07. The lowest BCUT2D eigenvalue weighted by Gasteiger charge is -2.18. The van der Waals surface area contributed by atoms with Crippen molar-refractivity contribution in [2.75, 3.05) is 25.9 Å². The molecule has 6 heteroatoms. The zero-order chi connectivity index (χ0) is 13.2. The zero-order valence-electron chi connectivity index (χ0n) is 11.2. The Balaban J connectivity index is 0.00000147. The molecule has 1 aliphatic rings. The van der Waals surface area contributed by atoms with Gasteiger partial charge in [0.25, 0.3) is 0 Å². The van der Waals surface area contributed by atoms with Gasteiger partial charge in [-0.25, -0.2) is 9.97 Å². The number of benzene rings is 1. The fraction of sp³-hybridized carbons (Fsp3) is 0.286. The Morgan fingerprint density at radius 1 is 1.30 bits per heavy atom. The molecule has 2 heterocycles. The van der Waals surface area contributed by atoms with E-state index in [0.717, 1.165) is 41.7 Å². The SMILES string of the molecule is COc1c(C2=CCNCC2)ccc2ncnc(N)c12.Cl. The van der Waals surface area contributed by atoms with Crippen molar-refractivity contribution in [2.45, 2.75) is 6.42 Å². The van der Waals surface area contributed by atoms with Crippen LogP contribution in [0.3, 0.4) is 0 Å². The molecule has 0 saturated heterocycles. The fourth-order valence-corrected chi connectivity index (χ4v) is 2.48. The predicted molar refractivity (Wildman–Crippen MR) is 83.2 cm³/mol. The first-order valence-electron chi connectivity index (χ1n) is 6.28. The number of methoxy groups -OCH3 is 1. The minimum atomic E-state index is 0. The monoisotopic (exact) mass is 292 g/mol. The highest BCUT2D eigenvalue weighted by Crippen LogP contribution is 2.36. The van der Waals surface area contributed by atoms with E-state index in [4.69, 9.17) is 10.5 Å². The van der Waals surface area contributed by atoms with Gasteiger partial charge < -0.3 is 15.8 Å². The summed E-state index contributed by atoms with van der Waals surface area (Å²) in [5, 5.41) is 4.10. The first-order chi connectivity index (χ1) is 9.31. The molecule has 0 atom stereocenters. The van der Waals surface area contributed by atoms with Crippen LogP contribution in [0.25, 0.3) is 16.5 Å². The third-order valence-electron chi connectivity index (χ3n) is 3.40. The topological polar surface area (TPSA) is 73.1 Å². The van der Waals surface area contributed by atoms with Crippen LogP contribution in [-0.4, -0.2) is 30.2 Å². The van der Waals surface area contributed by atoms with Crippen LogP contribution in [0.2, 0.25) is 0 Å². The number of nitrogens with two attached hydrogens (primary N) is 1. The Morgan fingerprint density at radius 2 is 2.15 bits per heavy atom. The third-order valence-corrected chi connectivity index (χ3v) is 3.40. The van der Waals surface area contributed by atoms with Crippen LogP contribution in [0.1, 0.15) is 12.0 Å². The van der Waals surface area contributed by atoms with Crippen LogP contribution < -0.4 is 15.8 Å². The lowest BCUT2D eigenvalue weighted by molar-refractivity contribution is 0.418. The van der Waals surface area contributed by atoms with E-state index < -0.39 is 0 Å². The van der Waals surface area contributed by atoms with Crippen LogP contribution in [-0.2, 0) is 0 Å². The van der Waals surface area contributed by atoms with E-state index in [1.54, 1.807) is 7.11 Å². The van der Waals surface area contributed by atoms with Gasteiger partial charge in [0.15, 0.2) is 0 Å². The number of fused-ring (bicyclic) bond motifs is 1. The Labute approximate surface area is 123 Å². The molecule has 3 rings (SSSR count). The number of ether oxygens (including phenoxy) is 1. The van der Waals surface area contributed by atoms with E-state index in [9.17, 15) is 0 Å². The Morgan fingerprint density at radius 3 is 2.85 bits per heavy atom. The van der Waals surface area contributed by atoms with Crippen molar-refractivity contribution in [1.82, 2.24) is 15.3 Å². The molecular formula is C14H17ClN4O. The molecule has 5 nitrogen and oxygen atoms in total. The van der Waals surface area contributed by atoms with Crippen LogP contribution in [0, 0.1) is 0 Å². The molecule has 0 fully saturated rings. The summed E-state index contributed by atoms with van der Waals surface area (Å²) in [6, 6.07) is 4.01. The highest BCUT2D eigenvalue weighted by atomic mass is 35.5.